The van der Waals surface area contributed by atoms with Gasteiger partial charge in [0.1, 0.15) is 17.3 Å². The Labute approximate surface area is 134 Å². The molecule has 0 spiro atoms. The molecule has 0 atom stereocenters. The van der Waals surface area contributed by atoms with Crippen LogP contribution in [-0.2, 0) is 6.54 Å². The van der Waals surface area contributed by atoms with E-state index < -0.39 is 0 Å². The molecule has 0 bridgehead atoms. The smallest absolute Gasteiger partial charge is 0.145 e. The van der Waals surface area contributed by atoms with Crippen LogP contribution < -0.4 is 15.4 Å². The molecule has 120 valence electrons. The lowest BCUT2D eigenvalue weighted by Crippen LogP contribution is -2.05. The van der Waals surface area contributed by atoms with Gasteiger partial charge in [-0.15, -0.1) is 5.10 Å². The molecule has 0 fully saturated rings. The van der Waals surface area contributed by atoms with Crippen LogP contribution in [0.25, 0.3) is 16.6 Å². The molecule has 0 aliphatic carbocycles. The monoisotopic (exact) mass is 312 g/mol. The van der Waals surface area contributed by atoms with E-state index in [2.05, 4.69) is 32.9 Å². The average Bonchev–Trinajstić information content (AvgIpc) is 3.02. The minimum atomic E-state index is 0.664. The Balaban J connectivity index is 2.18. The molecule has 0 saturated heterocycles. The zero-order valence-corrected chi connectivity index (χ0v) is 13.7. The van der Waals surface area contributed by atoms with Gasteiger partial charge in [-0.05, 0) is 37.7 Å². The molecule has 23 heavy (non-hydrogen) atoms. The maximum Gasteiger partial charge on any atom is 0.145 e. The molecule has 2 N–H and O–H groups in total. The number of nitrogens with one attached hydrogen (secondary N) is 2. The highest BCUT2D eigenvalue weighted by molar-refractivity contribution is 5.87. The lowest BCUT2D eigenvalue weighted by Gasteiger charge is -2.12. The minimum absolute atomic E-state index is 0.664. The van der Waals surface area contributed by atoms with Gasteiger partial charge >= 0.3 is 0 Å². The Morgan fingerprint density at radius 3 is 2.74 bits per heavy atom. The van der Waals surface area contributed by atoms with Crippen LogP contribution in [0.1, 0.15) is 11.3 Å². The first-order valence-corrected chi connectivity index (χ1v) is 7.39. The summed E-state index contributed by atoms with van der Waals surface area (Å²) >= 11 is 0. The summed E-state index contributed by atoms with van der Waals surface area (Å²) in [6.07, 6.45) is 1.88. The van der Waals surface area contributed by atoms with Crippen LogP contribution in [0.15, 0.2) is 24.4 Å². The first-order valence-electron chi connectivity index (χ1n) is 7.39. The van der Waals surface area contributed by atoms with E-state index in [9.17, 15) is 0 Å². The van der Waals surface area contributed by atoms with Crippen molar-refractivity contribution < 1.29 is 4.74 Å². The Bertz CT molecular complexity index is 842. The number of anilines is 1. The number of benzene rings is 1. The molecule has 0 amide bonds. The molecule has 0 aliphatic rings. The van der Waals surface area contributed by atoms with Gasteiger partial charge in [-0.3, -0.25) is 0 Å². The van der Waals surface area contributed by atoms with Crippen LogP contribution in [0, 0.1) is 6.92 Å². The zero-order chi connectivity index (χ0) is 16.4. The maximum absolute atomic E-state index is 5.54. The normalized spacial score (nSPS) is 11.0. The van der Waals surface area contributed by atoms with Gasteiger partial charge in [0.25, 0.3) is 0 Å². The molecule has 7 heteroatoms. The van der Waals surface area contributed by atoms with E-state index >= 15 is 0 Å². The molecule has 3 rings (SSSR count). The average molecular weight is 312 g/mol. The Morgan fingerprint density at radius 1 is 1.22 bits per heavy atom. The van der Waals surface area contributed by atoms with E-state index in [1.165, 1.54) is 0 Å². The standard InChI is InChI=1S/C16H20N6O/c1-10-5-16(18-3)19-13-7-14(15(23-4)6-12(10)13)22-9-11(8-17-2)20-21-22/h5-7,9,17H,8H2,1-4H3,(H,18,19). The quantitative estimate of drug-likeness (QED) is 0.749. The second kappa shape index (κ2) is 6.21. The lowest BCUT2D eigenvalue weighted by atomic mass is 10.1. The van der Waals surface area contributed by atoms with Gasteiger partial charge in [-0.2, -0.15) is 0 Å². The number of pyridine rings is 1. The van der Waals surface area contributed by atoms with E-state index in [0.29, 0.717) is 6.54 Å². The van der Waals surface area contributed by atoms with Gasteiger partial charge in [0.05, 0.1) is 24.5 Å². The Kier molecular flexibility index (Phi) is 4.12. The van der Waals surface area contributed by atoms with Gasteiger partial charge in [-0.25, -0.2) is 9.67 Å². The molecule has 0 saturated carbocycles. The number of rotatable bonds is 5. The minimum Gasteiger partial charge on any atom is -0.494 e. The third-order valence-electron chi connectivity index (χ3n) is 3.72. The number of hydrogen-bond acceptors (Lipinski definition) is 6. The molecule has 0 unspecified atom stereocenters. The molecular formula is C16H20N6O. The van der Waals surface area contributed by atoms with Gasteiger partial charge in [0, 0.05) is 19.0 Å². The van der Waals surface area contributed by atoms with Crippen molar-refractivity contribution in [1.82, 2.24) is 25.3 Å². The number of nitrogens with zero attached hydrogens (tertiary/aromatic N) is 4. The third-order valence-corrected chi connectivity index (χ3v) is 3.72. The van der Waals surface area contributed by atoms with Crippen LogP contribution in [0.3, 0.4) is 0 Å². The van der Waals surface area contributed by atoms with Crippen LogP contribution in [0.2, 0.25) is 0 Å². The Morgan fingerprint density at radius 2 is 2.04 bits per heavy atom. The fourth-order valence-corrected chi connectivity index (χ4v) is 2.56. The van der Waals surface area contributed by atoms with Crippen LogP contribution in [0.5, 0.6) is 5.75 Å². The van der Waals surface area contributed by atoms with Gasteiger partial charge < -0.3 is 15.4 Å². The number of hydrogen-bond donors (Lipinski definition) is 2. The van der Waals surface area contributed by atoms with E-state index in [0.717, 1.165) is 39.4 Å². The van der Waals surface area contributed by atoms with Crippen LogP contribution in [-0.4, -0.2) is 41.2 Å². The summed E-state index contributed by atoms with van der Waals surface area (Å²) < 4.78 is 7.26. The van der Waals surface area contributed by atoms with Crippen molar-refractivity contribution in [1.29, 1.82) is 0 Å². The SMILES string of the molecule is CNCc1cn(-c2cc3nc(NC)cc(C)c3cc2OC)nn1. The highest BCUT2D eigenvalue weighted by Crippen LogP contribution is 2.30. The van der Waals surface area contributed by atoms with E-state index in [1.807, 2.05) is 38.5 Å². The van der Waals surface area contributed by atoms with Crippen molar-refractivity contribution in [3.8, 4) is 11.4 Å². The Hall–Kier alpha value is -2.67. The number of aromatic nitrogens is 4. The zero-order valence-electron chi connectivity index (χ0n) is 13.7. The molecule has 1 aromatic carbocycles. The van der Waals surface area contributed by atoms with Crippen molar-refractivity contribution in [2.24, 2.45) is 0 Å². The van der Waals surface area contributed by atoms with E-state index in [1.54, 1.807) is 11.8 Å². The predicted molar refractivity (Wildman–Crippen MR) is 90.3 cm³/mol. The highest BCUT2D eigenvalue weighted by atomic mass is 16.5. The van der Waals surface area contributed by atoms with Gasteiger partial charge in [-0.1, -0.05) is 5.21 Å². The van der Waals surface area contributed by atoms with Crippen molar-refractivity contribution in [2.45, 2.75) is 13.5 Å². The maximum atomic E-state index is 5.54. The van der Waals surface area contributed by atoms with Crippen LogP contribution >= 0.6 is 0 Å². The number of fused-ring (bicyclic) bond motifs is 1. The molecule has 0 aliphatic heterocycles. The predicted octanol–water partition coefficient (Wildman–Crippen LogP) is 1.89. The van der Waals surface area contributed by atoms with E-state index in [-0.39, 0.29) is 0 Å². The van der Waals surface area contributed by atoms with E-state index in [4.69, 9.17) is 4.74 Å². The molecular weight excluding hydrogens is 292 g/mol. The van der Waals surface area contributed by atoms with Gasteiger partial charge in [0.15, 0.2) is 0 Å². The van der Waals surface area contributed by atoms with Gasteiger partial charge in [0.2, 0.25) is 0 Å². The largest absolute Gasteiger partial charge is 0.494 e. The summed E-state index contributed by atoms with van der Waals surface area (Å²) in [5.41, 5.74) is 3.70. The van der Waals surface area contributed by atoms with Crippen molar-refractivity contribution >= 4 is 16.7 Å². The molecule has 0 radical (unpaired) electrons. The summed E-state index contributed by atoms with van der Waals surface area (Å²) in [6, 6.07) is 5.98. The fraction of sp³-hybridized carbons (Fsp3) is 0.312. The first-order chi connectivity index (χ1) is 11.2. The second-order valence-corrected chi connectivity index (χ2v) is 5.30. The fourth-order valence-electron chi connectivity index (χ4n) is 2.56. The third kappa shape index (κ3) is 2.83. The summed E-state index contributed by atoms with van der Waals surface area (Å²) in [7, 11) is 5.39. The first kappa shape index (κ1) is 15.2. The molecule has 2 heterocycles. The molecule has 2 aromatic heterocycles. The number of ether oxygens (including phenoxy) is 1. The summed E-state index contributed by atoms with van der Waals surface area (Å²) in [6.45, 7) is 2.72. The topological polar surface area (TPSA) is 76.9 Å². The van der Waals surface area contributed by atoms with Crippen molar-refractivity contribution in [3.05, 3.63) is 35.7 Å². The van der Waals surface area contributed by atoms with Crippen LogP contribution in [0.4, 0.5) is 5.82 Å². The van der Waals surface area contributed by atoms with Crippen molar-refractivity contribution in [2.75, 3.05) is 26.5 Å². The van der Waals surface area contributed by atoms with Crippen molar-refractivity contribution in [3.63, 3.8) is 0 Å². The summed E-state index contributed by atoms with van der Waals surface area (Å²) in [5, 5.41) is 15.5. The highest BCUT2D eigenvalue weighted by Gasteiger charge is 2.12. The molecule has 3 aromatic rings. The number of aryl methyl sites for hydroxylation is 1. The second-order valence-electron chi connectivity index (χ2n) is 5.30. The molecule has 7 nitrogen and oxygen atoms in total. The summed E-state index contributed by atoms with van der Waals surface area (Å²) in [4.78, 5) is 4.62. The number of methoxy groups -OCH3 is 1. The lowest BCUT2D eigenvalue weighted by molar-refractivity contribution is 0.412. The summed E-state index contributed by atoms with van der Waals surface area (Å²) in [5.74, 6) is 1.57.